The van der Waals surface area contributed by atoms with Crippen LogP contribution in [0.15, 0.2) is 18.2 Å². The second-order valence-electron chi connectivity index (χ2n) is 4.67. The number of anilines is 1. The SMILES string of the molecule is CC(C)C=O.CNCc1ccc(NC(=O)C(F)(F)F)cc1Cl. The van der Waals surface area contributed by atoms with Crippen molar-refractivity contribution in [3.8, 4) is 0 Å². The van der Waals surface area contributed by atoms with Gasteiger partial charge in [-0.3, -0.25) is 4.79 Å². The predicted octanol–water partition coefficient (Wildman–Crippen LogP) is 3.40. The maximum absolute atomic E-state index is 12.0. The molecule has 0 saturated carbocycles. The van der Waals surface area contributed by atoms with Gasteiger partial charge in [-0.05, 0) is 24.7 Å². The molecule has 1 amide bonds. The van der Waals surface area contributed by atoms with Crippen LogP contribution in [-0.4, -0.2) is 25.4 Å². The highest BCUT2D eigenvalue weighted by Crippen LogP contribution is 2.23. The number of rotatable bonds is 4. The molecule has 0 unspecified atom stereocenters. The van der Waals surface area contributed by atoms with Crippen LogP contribution in [0.25, 0.3) is 0 Å². The molecule has 0 radical (unpaired) electrons. The van der Waals surface area contributed by atoms with Crippen molar-refractivity contribution in [3.63, 3.8) is 0 Å². The molecule has 1 rings (SSSR count). The van der Waals surface area contributed by atoms with Gasteiger partial charge in [0.05, 0.1) is 0 Å². The molecule has 0 aliphatic rings. The van der Waals surface area contributed by atoms with Crippen LogP contribution in [0, 0.1) is 5.92 Å². The Bertz CT molecular complexity index is 505. The van der Waals surface area contributed by atoms with E-state index in [2.05, 4.69) is 5.32 Å². The lowest BCUT2D eigenvalue weighted by Crippen LogP contribution is -2.29. The van der Waals surface area contributed by atoms with Crippen LogP contribution in [0.5, 0.6) is 0 Å². The monoisotopic (exact) mass is 338 g/mol. The Morgan fingerprint density at radius 3 is 2.27 bits per heavy atom. The first-order valence-corrected chi connectivity index (χ1v) is 6.76. The van der Waals surface area contributed by atoms with E-state index in [4.69, 9.17) is 11.6 Å². The number of hydrogen-bond donors (Lipinski definition) is 2. The van der Waals surface area contributed by atoms with E-state index >= 15 is 0 Å². The van der Waals surface area contributed by atoms with E-state index in [0.717, 1.165) is 11.8 Å². The molecule has 0 saturated heterocycles. The van der Waals surface area contributed by atoms with Crippen molar-refractivity contribution in [1.29, 1.82) is 0 Å². The summed E-state index contributed by atoms with van der Waals surface area (Å²) < 4.78 is 35.9. The van der Waals surface area contributed by atoms with Crippen molar-refractivity contribution in [2.24, 2.45) is 5.92 Å². The van der Waals surface area contributed by atoms with E-state index in [9.17, 15) is 22.8 Å². The minimum absolute atomic E-state index is 0.0113. The summed E-state index contributed by atoms with van der Waals surface area (Å²) >= 11 is 5.83. The Labute approximate surface area is 132 Å². The summed E-state index contributed by atoms with van der Waals surface area (Å²) in [5.41, 5.74) is 0.747. The molecule has 22 heavy (non-hydrogen) atoms. The highest BCUT2D eigenvalue weighted by Gasteiger charge is 2.38. The van der Waals surface area contributed by atoms with Gasteiger partial charge in [0, 0.05) is 23.2 Å². The minimum atomic E-state index is -4.91. The fraction of sp³-hybridized carbons (Fsp3) is 0.429. The molecule has 1 aromatic carbocycles. The van der Waals surface area contributed by atoms with Crippen molar-refractivity contribution < 1.29 is 22.8 Å². The normalized spacial score (nSPS) is 10.7. The topological polar surface area (TPSA) is 58.2 Å². The molecule has 1 aromatic rings. The van der Waals surface area contributed by atoms with Gasteiger partial charge >= 0.3 is 12.1 Å². The van der Waals surface area contributed by atoms with Gasteiger partial charge < -0.3 is 15.4 Å². The molecule has 2 N–H and O–H groups in total. The largest absolute Gasteiger partial charge is 0.471 e. The minimum Gasteiger partial charge on any atom is -0.318 e. The number of halogens is 4. The molecule has 0 spiro atoms. The van der Waals surface area contributed by atoms with Crippen molar-refractivity contribution in [3.05, 3.63) is 28.8 Å². The number of alkyl halides is 3. The molecular formula is C14H18ClF3N2O2. The summed E-state index contributed by atoms with van der Waals surface area (Å²) in [5, 5.41) is 4.87. The fourth-order valence-electron chi connectivity index (χ4n) is 1.16. The molecule has 0 aliphatic carbocycles. The van der Waals surface area contributed by atoms with E-state index < -0.39 is 12.1 Å². The third-order valence-electron chi connectivity index (χ3n) is 2.21. The van der Waals surface area contributed by atoms with Crippen LogP contribution >= 0.6 is 11.6 Å². The Balaban J connectivity index is 0.000000763. The van der Waals surface area contributed by atoms with Crippen LogP contribution in [0.2, 0.25) is 5.02 Å². The third kappa shape index (κ3) is 7.99. The molecule has 0 aliphatic heterocycles. The van der Waals surface area contributed by atoms with Gasteiger partial charge in [-0.25, -0.2) is 0 Å². The van der Waals surface area contributed by atoms with Gasteiger partial charge in [0.15, 0.2) is 0 Å². The van der Waals surface area contributed by atoms with Crippen LogP contribution in [0.4, 0.5) is 18.9 Å². The van der Waals surface area contributed by atoms with Crippen LogP contribution in [0.1, 0.15) is 19.4 Å². The van der Waals surface area contributed by atoms with Crippen molar-refractivity contribution in [1.82, 2.24) is 5.32 Å². The van der Waals surface area contributed by atoms with E-state index in [-0.39, 0.29) is 11.6 Å². The summed E-state index contributed by atoms with van der Waals surface area (Å²) in [6.07, 6.45) is -3.99. The molecule has 0 heterocycles. The van der Waals surface area contributed by atoms with Gasteiger partial charge in [-0.2, -0.15) is 13.2 Å². The highest BCUT2D eigenvalue weighted by atomic mass is 35.5. The Morgan fingerprint density at radius 1 is 1.36 bits per heavy atom. The van der Waals surface area contributed by atoms with Gasteiger partial charge in [0.25, 0.3) is 0 Å². The lowest BCUT2D eigenvalue weighted by atomic mass is 10.2. The summed E-state index contributed by atoms with van der Waals surface area (Å²) in [7, 11) is 1.72. The van der Waals surface area contributed by atoms with E-state index in [1.807, 2.05) is 13.8 Å². The Hall–Kier alpha value is -1.60. The standard InChI is InChI=1S/C10H10ClF3N2O.C4H8O/c1-15-5-6-2-3-7(4-8(6)11)16-9(17)10(12,13)14;1-4(2)3-5/h2-4,15H,5H2,1H3,(H,16,17);3-4H,1-2H3. The molecule has 0 atom stereocenters. The molecular weight excluding hydrogens is 321 g/mol. The van der Waals surface area contributed by atoms with E-state index in [1.165, 1.54) is 12.1 Å². The molecule has 124 valence electrons. The van der Waals surface area contributed by atoms with Gasteiger partial charge in [-0.1, -0.05) is 31.5 Å². The molecule has 0 bridgehead atoms. The molecule has 0 aromatic heterocycles. The lowest BCUT2D eigenvalue weighted by molar-refractivity contribution is -0.167. The average molecular weight is 339 g/mol. The first kappa shape index (κ1) is 20.4. The number of nitrogens with one attached hydrogen (secondary N) is 2. The predicted molar refractivity (Wildman–Crippen MR) is 79.8 cm³/mol. The smallest absolute Gasteiger partial charge is 0.318 e. The molecule has 4 nitrogen and oxygen atoms in total. The summed E-state index contributed by atoms with van der Waals surface area (Å²) in [6, 6.07) is 4.19. The Kier molecular flexibility index (Phi) is 8.74. The molecule has 8 heteroatoms. The maximum Gasteiger partial charge on any atom is 0.471 e. The van der Waals surface area contributed by atoms with Crippen molar-refractivity contribution >= 4 is 29.5 Å². The summed E-state index contributed by atoms with van der Waals surface area (Å²) in [4.78, 5) is 20.2. The van der Waals surface area contributed by atoms with Gasteiger partial charge in [0.2, 0.25) is 0 Å². The summed E-state index contributed by atoms with van der Waals surface area (Å²) in [5.74, 6) is -1.81. The van der Waals surface area contributed by atoms with Crippen LogP contribution in [-0.2, 0) is 16.1 Å². The number of carbonyl (C=O) groups is 2. The fourth-order valence-corrected chi connectivity index (χ4v) is 1.41. The van der Waals surface area contributed by atoms with Crippen molar-refractivity contribution in [2.75, 3.05) is 12.4 Å². The van der Waals surface area contributed by atoms with Crippen LogP contribution in [0.3, 0.4) is 0 Å². The highest BCUT2D eigenvalue weighted by molar-refractivity contribution is 6.31. The quantitative estimate of drug-likeness (QED) is 0.827. The number of benzene rings is 1. The molecule has 0 fully saturated rings. The second-order valence-corrected chi connectivity index (χ2v) is 5.08. The van der Waals surface area contributed by atoms with E-state index in [1.54, 1.807) is 18.4 Å². The number of amides is 1. The zero-order valence-electron chi connectivity index (χ0n) is 12.4. The number of hydrogen-bond acceptors (Lipinski definition) is 3. The zero-order valence-corrected chi connectivity index (χ0v) is 13.2. The average Bonchev–Trinajstić information content (AvgIpc) is 2.41. The number of carbonyl (C=O) groups excluding carboxylic acids is 2. The van der Waals surface area contributed by atoms with Gasteiger partial charge in [0.1, 0.15) is 6.29 Å². The van der Waals surface area contributed by atoms with Crippen molar-refractivity contribution in [2.45, 2.75) is 26.6 Å². The zero-order chi connectivity index (χ0) is 17.3. The summed E-state index contributed by atoms with van der Waals surface area (Å²) in [6.45, 7) is 4.20. The second kappa shape index (κ2) is 9.42. The number of aldehydes is 1. The van der Waals surface area contributed by atoms with Crippen LogP contribution < -0.4 is 10.6 Å². The first-order valence-electron chi connectivity index (χ1n) is 6.38. The lowest BCUT2D eigenvalue weighted by Gasteiger charge is -2.10. The Morgan fingerprint density at radius 2 is 1.91 bits per heavy atom. The van der Waals surface area contributed by atoms with Gasteiger partial charge in [-0.15, -0.1) is 0 Å². The third-order valence-corrected chi connectivity index (χ3v) is 2.56. The maximum atomic E-state index is 12.0. The first-order chi connectivity index (χ1) is 10.1. The van der Waals surface area contributed by atoms with E-state index in [0.29, 0.717) is 11.6 Å².